The minimum Gasteiger partial charge on any atom is -0.315 e. The van der Waals surface area contributed by atoms with Crippen LogP contribution in [0.3, 0.4) is 0 Å². The van der Waals surface area contributed by atoms with Gasteiger partial charge in [-0.25, -0.2) is 8.78 Å². The first-order chi connectivity index (χ1) is 9.65. The second kappa shape index (κ2) is 7.14. The second-order valence-corrected chi connectivity index (χ2v) is 5.55. The Labute approximate surface area is 120 Å². The molecule has 0 aliphatic carbocycles. The highest BCUT2D eigenvalue weighted by molar-refractivity contribution is 5.23. The number of rotatable bonds is 5. The summed E-state index contributed by atoms with van der Waals surface area (Å²) in [4.78, 5) is 2.24. The van der Waals surface area contributed by atoms with Crippen molar-refractivity contribution in [2.75, 3.05) is 19.6 Å². The molecule has 2 atom stereocenters. The maximum absolute atomic E-state index is 14.0. The summed E-state index contributed by atoms with van der Waals surface area (Å²) >= 11 is 0. The van der Waals surface area contributed by atoms with Gasteiger partial charge < -0.3 is 5.32 Å². The van der Waals surface area contributed by atoms with Gasteiger partial charge in [-0.3, -0.25) is 4.90 Å². The first kappa shape index (κ1) is 15.4. The van der Waals surface area contributed by atoms with Gasteiger partial charge in [0, 0.05) is 24.2 Å². The summed E-state index contributed by atoms with van der Waals surface area (Å²) < 4.78 is 28.0. The third-order valence-electron chi connectivity index (χ3n) is 4.14. The molecule has 2 unspecified atom stereocenters. The molecule has 0 spiro atoms. The van der Waals surface area contributed by atoms with Gasteiger partial charge >= 0.3 is 0 Å². The molecule has 1 heterocycles. The molecule has 1 saturated heterocycles. The Morgan fingerprint density at radius 3 is 2.60 bits per heavy atom. The van der Waals surface area contributed by atoms with Crippen molar-refractivity contribution >= 4 is 0 Å². The molecular weight excluding hydrogens is 258 g/mol. The Hall–Kier alpha value is -1.00. The maximum Gasteiger partial charge on any atom is 0.130 e. The van der Waals surface area contributed by atoms with E-state index in [2.05, 4.69) is 17.1 Å². The average Bonchev–Trinajstić information content (AvgIpc) is 2.45. The van der Waals surface area contributed by atoms with Gasteiger partial charge in [-0.1, -0.05) is 13.0 Å². The molecular formula is C16H24F2N2. The largest absolute Gasteiger partial charge is 0.315 e. The van der Waals surface area contributed by atoms with Gasteiger partial charge in [0.2, 0.25) is 0 Å². The summed E-state index contributed by atoms with van der Waals surface area (Å²) in [6, 6.07) is 4.24. The quantitative estimate of drug-likeness (QED) is 0.889. The van der Waals surface area contributed by atoms with E-state index in [0.717, 1.165) is 38.9 Å². The zero-order valence-electron chi connectivity index (χ0n) is 12.3. The van der Waals surface area contributed by atoms with Crippen molar-refractivity contribution < 1.29 is 8.78 Å². The van der Waals surface area contributed by atoms with E-state index >= 15 is 0 Å². The lowest BCUT2D eigenvalue weighted by molar-refractivity contribution is 0.116. The van der Waals surface area contributed by atoms with Crippen LogP contribution in [0.2, 0.25) is 0 Å². The van der Waals surface area contributed by atoms with Crippen LogP contribution in [0, 0.1) is 11.6 Å². The lowest BCUT2D eigenvalue weighted by atomic mass is 9.99. The fourth-order valence-corrected chi connectivity index (χ4v) is 3.14. The van der Waals surface area contributed by atoms with Crippen LogP contribution < -0.4 is 5.32 Å². The van der Waals surface area contributed by atoms with Crippen LogP contribution in [-0.4, -0.2) is 30.6 Å². The van der Waals surface area contributed by atoms with Gasteiger partial charge in [-0.05, 0) is 51.4 Å². The lowest BCUT2D eigenvalue weighted by Crippen LogP contribution is -2.47. The van der Waals surface area contributed by atoms with Gasteiger partial charge in [0.25, 0.3) is 0 Å². The summed E-state index contributed by atoms with van der Waals surface area (Å²) in [6.45, 7) is 6.82. The Balaban J connectivity index is 2.23. The van der Waals surface area contributed by atoms with E-state index in [0.29, 0.717) is 6.04 Å². The smallest absolute Gasteiger partial charge is 0.130 e. The number of nitrogens with zero attached hydrogens (tertiary/aromatic N) is 1. The normalized spacial score (nSPS) is 21.1. The molecule has 0 aromatic heterocycles. The van der Waals surface area contributed by atoms with Crippen molar-refractivity contribution in [3.63, 3.8) is 0 Å². The monoisotopic (exact) mass is 282 g/mol. The standard InChI is InChI=1S/C16H24F2N2/c1-3-10-20(13-6-5-9-19-11-13)12(2)16-14(17)7-4-8-15(16)18/h4,7-8,12-13,19H,3,5-6,9-11H2,1-2H3. The minimum absolute atomic E-state index is 0.200. The second-order valence-electron chi connectivity index (χ2n) is 5.55. The van der Waals surface area contributed by atoms with Crippen molar-refractivity contribution in [1.82, 2.24) is 10.2 Å². The third kappa shape index (κ3) is 3.36. The molecule has 4 heteroatoms. The van der Waals surface area contributed by atoms with Gasteiger partial charge in [0.15, 0.2) is 0 Å². The van der Waals surface area contributed by atoms with Crippen molar-refractivity contribution in [3.05, 3.63) is 35.4 Å². The number of hydrogen-bond donors (Lipinski definition) is 1. The predicted octanol–water partition coefficient (Wildman–Crippen LogP) is 3.49. The Kier molecular flexibility index (Phi) is 5.49. The number of hydrogen-bond acceptors (Lipinski definition) is 2. The molecule has 1 aliphatic heterocycles. The van der Waals surface area contributed by atoms with Crippen molar-refractivity contribution in [2.45, 2.75) is 45.2 Å². The first-order valence-electron chi connectivity index (χ1n) is 7.55. The molecule has 0 radical (unpaired) electrons. The van der Waals surface area contributed by atoms with E-state index in [4.69, 9.17) is 0 Å². The van der Waals surface area contributed by atoms with Crippen LogP contribution >= 0.6 is 0 Å². The molecule has 1 aromatic rings. The Bertz CT molecular complexity index is 410. The predicted molar refractivity (Wildman–Crippen MR) is 77.7 cm³/mol. The molecule has 112 valence electrons. The Morgan fingerprint density at radius 2 is 2.05 bits per heavy atom. The van der Waals surface area contributed by atoms with Gasteiger partial charge in [0.1, 0.15) is 11.6 Å². The van der Waals surface area contributed by atoms with Gasteiger partial charge in [0.05, 0.1) is 0 Å². The minimum atomic E-state index is -0.442. The topological polar surface area (TPSA) is 15.3 Å². The summed E-state index contributed by atoms with van der Waals surface area (Å²) in [5.41, 5.74) is 0.200. The highest BCUT2D eigenvalue weighted by Crippen LogP contribution is 2.29. The molecule has 2 nitrogen and oxygen atoms in total. The number of piperidine rings is 1. The summed E-state index contributed by atoms with van der Waals surface area (Å²) in [5.74, 6) is -0.884. The van der Waals surface area contributed by atoms with Crippen LogP contribution in [-0.2, 0) is 0 Å². The maximum atomic E-state index is 14.0. The number of halogens is 2. The van der Waals surface area contributed by atoms with E-state index < -0.39 is 11.6 Å². The average molecular weight is 282 g/mol. The fraction of sp³-hybridized carbons (Fsp3) is 0.625. The molecule has 2 rings (SSSR count). The summed E-state index contributed by atoms with van der Waals surface area (Å²) in [7, 11) is 0. The highest BCUT2D eigenvalue weighted by atomic mass is 19.1. The zero-order chi connectivity index (χ0) is 14.5. The number of benzene rings is 1. The first-order valence-corrected chi connectivity index (χ1v) is 7.55. The summed E-state index contributed by atoms with van der Waals surface area (Å²) in [5, 5.41) is 3.38. The molecule has 1 N–H and O–H groups in total. The van der Waals surface area contributed by atoms with Crippen molar-refractivity contribution in [2.24, 2.45) is 0 Å². The van der Waals surface area contributed by atoms with E-state index in [-0.39, 0.29) is 11.6 Å². The fourth-order valence-electron chi connectivity index (χ4n) is 3.14. The van der Waals surface area contributed by atoms with Crippen molar-refractivity contribution in [1.29, 1.82) is 0 Å². The van der Waals surface area contributed by atoms with E-state index in [1.807, 2.05) is 6.92 Å². The molecule has 0 bridgehead atoms. The molecule has 0 saturated carbocycles. The van der Waals surface area contributed by atoms with Crippen LogP contribution in [0.15, 0.2) is 18.2 Å². The molecule has 1 aromatic carbocycles. The lowest BCUT2D eigenvalue weighted by Gasteiger charge is -2.39. The Morgan fingerprint density at radius 1 is 1.35 bits per heavy atom. The van der Waals surface area contributed by atoms with Gasteiger partial charge in [-0.15, -0.1) is 0 Å². The third-order valence-corrected chi connectivity index (χ3v) is 4.14. The van der Waals surface area contributed by atoms with Crippen molar-refractivity contribution in [3.8, 4) is 0 Å². The molecule has 20 heavy (non-hydrogen) atoms. The molecule has 0 amide bonds. The van der Waals surface area contributed by atoms with E-state index in [9.17, 15) is 8.78 Å². The number of nitrogens with one attached hydrogen (secondary N) is 1. The van der Waals surface area contributed by atoms with Crippen LogP contribution in [0.1, 0.15) is 44.7 Å². The van der Waals surface area contributed by atoms with Crippen LogP contribution in [0.25, 0.3) is 0 Å². The SMILES string of the molecule is CCCN(C1CCCNC1)C(C)c1c(F)cccc1F. The van der Waals surface area contributed by atoms with Gasteiger partial charge in [-0.2, -0.15) is 0 Å². The zero-order valence-corrected chi connectivity index (χ0v) is 12.3. The molecule has 1 aliphatic rings. The van der Waals surface area contributed by atoms with Crippen LogP contribution in [0.5, 0.6) is 0 Å². The highest BCUT2D eigenvalue weighted by Gasteiger charge is 2.28. The van der Waals surface area contributed by atoms with E-state index in [1.165, 1.54) is 18.2 Å². The van der Waals surface area contributed by atoms with E-state index in [1.54, 1.807) is 0 Å². The van der Waals surface area contributed by atoms with Crippen LogP contribution in [0.4, 0.5) is 8.78 Å². The molecule has 1 fully saturated rings. The summed E-state index contributed by atoms with van der Waals surface area (Å²) in [6.07, 6.45) is 3.20.